The molecule has 18 heavy (non-hydrogen) atoms. The molecule has 3 nitrogen and oxygen atoms in total. The molecule has 5 heteroatoms. The molecule has 92 valence electrons. The first-order valence-corrected chi connectivity index (χ1v) is 7.44. The fourth-order valence-electron chi connectivity index (χ4n) is 1.94. The van der Waals surface area contributed by atoms with E-state index in [-0.39, 0.29) is 0 Å². The minimum absolute atomic E-state index is 0.894. The molecule has 3 aromatic rings. The summed E-state index contributed by atoms with van der Waals surface area (Å²) in [6.45, 7) is 3.05. The molecule has 0 fully saturated rings. The zero-order valence-electron chi connectivity index (χ0n) is 10.3. The second-order valence-electron chi connectivity index (χ2n) is 4.22. The fraction of sp³-hybridized carbons (Fsp3) is 0.231. The van der Waals surface area contributed by atoms with Gasteiger partial charge in [-0.3, -0.25) is 0 Å². The summed E-state index contributed by atoms with van der Waals surface area (Å²) in [6, 6.07) is 4.25. The first-order valence-electron chi connectivity index (χ1n) is 5.68. The summed E-state index contributed by atoms with van der Waals surface area (Å²) in [5.41, 5.74) is 1.35. The van der Waals surface area contributed by atoms with Gasteiger partial charge in [0.15, 0.2) is 0 Å². The summed E-state index contributed by atoms with van der Waals surface area (Å²) in [4.78, 5) is 13.3. The average molecular weight is 275 g/mol. The Labute approximate surface area is 114 Å². The van der Waals surface area contributed by atoms with Crippen molar-refractivity contribution in [1.82, 2.24) is 9.97 Å². The van der Waals surface area contributed by atoms with Crippen LogP contribution in [0.25, 0.3) is 10.2 Å². The smallest absolute Gasteiger partial charge is 0.140 e. The van der Waals surface area contributed by atoms with Crippen LogP contribution in [0.3, 0.4) is 0 Å². The Morgan fingerprint density at radius 2 is 2.00 bits per heavy atom. The van der Waals surface area contributed by atoms with E-state index in [1.165, 1.54) is 10.4 Å². The lowest BCUT2D eigenvalue weighted by Gasteiger charge is -2.18. The topological polar surface area (TPSA) is 29.0 Å². The van der Waals surface area contributed by atoms with Gasteiger partial charge in [0.25, 0.3) is 0 Å². The van der Waals surface area contributed by atoms with Crippen LogP contribution in [0.5, 0.6) is 0 Å². The fourth-order valence-corrected chi connectivity index (χ4v) is 3.62. The number of hydrogen-bond acceptors (Lipinski definition) is 5. The summed E-state index contributed by atoms with van der Waals surface area (Å²) in [7, 11) is 2.08. The Morgan fingerprint density at radius 1 is 1.17 bits per heavy atom. The molecular weight excluding hydrogens is 262 g/mol. The molecule has 0 spiro atoms. The van der Waals surface area contributed by atoms with Crippen molar-refractivity contribution >= 4 is 38.7 Å². The van der Waals surface area contributed by atoms with Gasteiger partial charge in [-0.05, 0) is 35.4 Å². The molecule has 0 unspecified atom stereocenters. The number of aryl methyl sites for hydroxylation is 1. The highest BCUT2D eigenvalue weighted by Crippen LogP contribution is 2.28. The number of rotatable bonds is 3. The third-order valence-electron chi connectivity index (χ3n) is 2.95. The molecule has 0 aliphatic heterocycles. The van der Waals surface area contributed by atoms with Crippen molar-refractivity contribution < 1.29 is 0 Å². The summed E-state index contributed by atoms with van der Waals surface area (Å²) < 4.78 is 0. The molecule has 0 atom stereocenters. The molecule has 0 aromatic carbocycles. The zero-order valence-corrected chi connectivity index (χ0v) is 11.9. The Bertz CT molecular complexity index is 671. The third kappa shape index (κ3) is 2.00. The SMILES string of the molecule is Cc1ccsc1CN(C)c1ncnc2sccc12. The molecule has 3 rings (SSSR count). The quantitative estimate of drug-likeness (QED) is 0.730. The zero-order chi connectivity index (χ0) is 12.5. The number of anilines is 1. The van der Waals surface area contributed by atoms with Gasteiger partial charge in [-0.1, -0.05) is 0 Å². The summed E-state index contributed by atoms with van der Waals surface area (Å²) >= 11 is 3.45. The Balaban J connectivity index is 1.95. The lowest BCUT2D eigenvalue weighted by Crippen LogP contribution is -2.17. The van der Waals surface area contributed by atoms with Crippen molar-refractivity contribution in [2.45, 2.75) is 13.5 Å². The second-order valence-corrected chi connectivity index (χ2v) is 6.11. The minimum Gasteiger partial charge on any atom is -0.354 e. The molecule has 0 aliphatic carbocycles. The highest BCUT2D eigenvalue weighted by Gasteiger charge is 2.11. The summed E-state index contributed by atoms with van der Waals surface area (Å²) in [5.74, 6) is 1.01. The highest BCUT2D eigenvalue weighted by atomic mass is 32.1. The van der Waals surface area contributed by atoms with Gasteiger partial charge in [-0.2, -0.15) is 0 Å². The van der Waals surface area contributed by atoms with E-state index in [0.29, 0.717) is 0 Å². The van der Waals surface area contributed by atoms with Gasteiger partial charge in [0, 0.05) is 11.9 Å². The van der Waals surface area contributed by atoms with E-state index in [2.05, 4.69) is 51.7 Å². The molecule has 0 bridgehead atoms. The van der Waals surface area contributed by atoms with Crippen molar-refractivity contribution in [1.29, 1.82) is 0 Å². The number of thiophene rings is 2. The van der Waals surface area contributed by atoms with Crippen LogP contribution < -0.4 is 4.90 Å². The molecule has 3 aromatic heterocycles. The van der Waals surface area contributed by atoms with Crippen LogP contribution in [0.1, 0.15) is 10.4 Å². The lowest BCUT2D eigenvalue weighted by molar-refractivity contribution is 0.910. The van der Waals surface area contributed by atoms with E-state index in [0.717, 1.165) is 22.6 Å². The third-order valence-corrected chi connectivity index (χ3v) is 4.78. The molecule has 0 saturated carbocycles. The van der Waals surface area contributed by atoms with Gasteiger partial charge >= 0.3 is 0 Å². The van der Waals surface area contributed by atoms with Crippen molar-refractivity contribution in [2.24, 2.45) is 0 Å². The standard InChI is InChI=1S/C13H13N3S2/c1-9-3-5-17-11(9)7-16(2)12-10-4-6-18-13(10)15-8-14-12/h3-6,8H,7H2,1-2H3. The van der Waals surface area contributed by atoms with E-state index in [1.54, 1.807) is 29.0 Å². The second kappa shape index (κ2) is 4.66. The van der Waals surface area contributed by atoms with Crippen molar-refractivity contribution in [3.63, 3.8) is 0 Å². The van der Waals surface area contributed by atoms with Gasteiger partial charge in [0.05, 0.1) is 11.9 Å². The number of fused-ring (bicyclic) bond motifs is 1. The van der Waals surface area contributed by atoms with Crippen LogP contribution in [0, 0.1) is 6.92 Å². The normalized spacial score (nSPS) is 11.0. The van der Waals surface area contributed by atoms with Crippen LogP contribution in [0.4, 0.5) is 5.82 Å². The Morgan fingerprint density at radius 3 is 2.78 bits per heavy atom. The van der Waals surface area contributed by atoms with E-state index in [4.69, 9.17) is 0 Å². The van der Waals surface area contributed by atoms with Crippen molar-refractivity contribution in [2.75, 3.05) is 11.9 Å². The summed E-state index contributed by atoms with van der Waals surface area (Å²) in [6.07, 6.45) is 1.64. The molecule has 0 N–H and O–H groups in total. The maximum atomic E-state index is 4.42. The van der Waals surface area contributed by atoms with E-state index in [1.807, 2.05) is 0 Å². The number of aromatic nitrogens is 2. The molecule has 0 amide bonds. The largest absolute Gasteiger partial charge is 0.354 e. The van der Waals surface area contributed by atoms with E-state index < -0.39 is 0 Å². The van der Waals surface area contributed by atoms with E-state index in [9.17, 15) is 0 Å². The first-order chi connectivity index (χ1) is 8.75. The van der Waals surface area contributed by atoms with Gasteiger partial charge in [0.1, 0.15) is 17.0 Å². The molecular formula is C13H13N3S2. The van der Waals surface area contributed by atoms with Crippen molar-refractivity contribution in [3.8, 4) is 0 Å². The molecule has 0 radical (unpaired) electrons. The lowest BCUT2D eigenvalue weighted by atomic mass is 10.2. The number of nitrogens with zero attached hydrogens (tertiary/aromatic N) is 3. The summed E-state index contributed by atoms with van der Waals surface area (Å²) in [5, 5.41) is 5.34. The average Bonchev–Trinajstić information content (AvgIpc) is 2.98. The van der Waals surface area contributed by atoms with Gasteiger partial charge in [0.2, 0.25) is 0 Å². The predicted molar refractivity (Wildman–Crippen MR) is 78.6 cm³/mol. The predicted octanol–water partition coefficient (Wildman–Crippen LogP) is 3.70. The maximum absolute atomic E-state index is 4.42. The molecule has 0 saturated heterocycles. The Kier molecular flexibility index (Phi) is 3.01. The van der Waals surface area contributed by atoms with Crippen LogP contribution in [0.2, 0.25) is 0 Å². The van der Waals surface area contributed by atoms with Gasteiger partial charge < -0.3 is 4.90 Å². The molecule has 0 aliphatic rings. The minimum atomic E-state index is 0.894. The van der Waals surface area contributed by atoms with Crippen LogP contribution in [-0.4, -0.2) is 17.0 Å². The van der Waals surface area contributed by atoms with Gasteiger partial charge in [-0.15, -0.1) is 22.7 Å². The highest BCUT2D eigenvalue weighted by molar-refractivity contribution is 7.16. The Hall–Kier alpha value is -1.46. The van der Waals surface area contributed by atoms with Gasteiger partial charge in [-0.25, -0.2) is 9.97 Å². The van der Waals surface area contributed by atoms with Crippen LogP contribution >= 0.6 is 22.7 Å². The molecule has 3 heterocycles. The van der Waals surface area contributed by atoms with Crippen LogP contribution in [0.15, 0.2) is 29.2 Å². The van der Waals surface area contributed by atoms with Crippen LogP contribution in [-0.2, 0) is 6.54 Å². The number of hydrogen-bond donors (Lipinski definition) is 0. The van der Waals surface area contributed by atoms with E-state index >= 15 is 0 Å². The monoisotopic (exact) mass is 275 g/mol. The first kappa shape index (κ1) is 11.6. The van der Waals surface area contributed by atoms with Crippen molar-refractivity contribution in [3.05, 3.63) is 39.7 Å². The maximum Gasteiger partial charge on any atom is 0.140 e.